The topological polar surface area (TPSA) is 93.1 Å². The zero-order valence-corrected chi connectivity index (χ0v) is 19.5. The van der Waals surface area contributed by atoms with Crippen LogP contribution in [0.3, 0.4) is 0 Å². The van der Waals surface area contributed by atoms with E-state index in [9.17, 15) is 19.8 Å². The molecule has 31 heavy (non-hydrogen) atoms. The van der Waals surface area contributed by atoms with Crippen LogP contribution in [0.4, 0.5) is 0 Å². The van der Waals surface area contributed by atoms with Gasteiger partial charge in [0.05, 0.1) is 37.3 Å². The van der Waals surface area contributed by atoms with Crippen LogP contribution in [0.25, 0.3) is 0 Å². The van der Waals surface area contributed by atoms with Crippen molar-refractivity contribution in [3.8, 4) is 0 Å². The molecule has 2 rings (SSSR count). The lowest BCUT2D eigenvalue weighted by Gasteiger charge is -2.41. The minimum absolute atomic E-state index is 0.0837. The number of ether oxygens (including phenoxy) is 2. The smallest absolute Gasteiger partial charge is 0.309 e. The molecule has 2 aliphatic carbocycles. The van der Waals surface area contributed by atoms with E-state index in [1.807, 2.05) is 13.8 Å². The molecule has 0 amide bonds. The molecule has 0 unspecified atom stereocenters. The van der Waals surface area contributed by atoms with E-state index in [0.717, 1.165) is 25.7 Å². The third-order valence-electron chi connectivity index (χ3n) is 6.68. The summed E-state index contributed by atoms with van der Waals surface area (Å²) in [6, 6.07) is 0. The Morgan fingerprint density at radius 1 is 1.23 bits per heavy atom. The predicted octanol–water partition coefficient (Wildman–Crippen LogP) is 3.95. The average Bonchev–Trinajstić information content (AvgIpc) is 2.72. The van der Waals surface area contributed by atoms with Crippen LogP contribution >= 0.6 is 0 Å². The Bertz CT molecular complexity index is 654. The van der Waals surface area contributed by atoms with E-state index >= 15 is 0 Å². The fourth-order valence-corrected chi connectivity index (χ4v) is 4.82. The number of carbonyl (C=O) groups excluding carboxylic acids is 2. The molecule has 176 valence electrons. The fourth-order valence-electron chi connectivity index (χ4n) is 4.82. The van der Waals surface area contributed by atoms with Crippen LogP contribution in [0.15, 0.2) is 23.8 Å². The van der Waals surface area contributed by atoms with Gasteiger partial charge in [0.1, 0.15) is 0 Å². The van der Waals surface area contributed by atoms with Crippen molar-refractivity contribution in [2.24, 2.45) is 23.7 Å². The highest BCUT2D eigenvalue weighted by molar-refractivity contribution is 5.74. The van der Waals surface area contributed by atoms with Crippen molar-refractivity contribution in [2.75, 3.05) is 6.61 Å². The lowest BCUT2D eigenvalue weighted by atomic mass is 9.63. The van der Waals surface area contributed by atoms with Crippen molar-refractivity contribution in [1.82, 2.24) is 0 Å². The van der Waals surface area contributed by atoms with Crippen molar-refractivity contribution >= 4 is 11.9 Å². The Morgan fingerprint density at radius 3 is 2.65 bits per heavy atom. The van der Waals surface area contributed by atoms with Gasteiger partial charge >= 0.3 is 11.9 Å². The molecule has 0 aromatic rings. The van der Waals surface area contributed by atoms with Crippen LogP contribution in [-0.4, -0.2) is 47.1 Å². The number of rotatable bonds is 11. The molecule has 0 aromatic carbocycles. The lowest BCUT2D eigenvalue weighted by molar-refractivity contribution is -0.156. The van der Waals surface area contributed by atoms with E-state index in [0.29, 0.717) is 6.42 Å². The molecule has 2 aliphatic rings. The number of hydrogen-bond donors (Lipinski definition) is 2. The molecule has 0 heterocycles. The normalized spacial score (nSPS) is 28.1. The van der Waals surface area contributed by atoms with Crippen molar-refractivity contribution in [3.05, 3.63) is 23.8 Å². The Balaban J connectivity index is 2.00. The second-order valence-electron chi connectivity index (χ2n) is 9.08. The van der Waals surface area contributed by atoms with Gasteiger partial charge in [-0.15, -0.1) is 0 Å². The van der Waals surface area contributed by atoms with Crippen LogP contribution in [-0.2, 0) is 19.1 Å². The standard InChI is InChI=1S/C25H40O6/c1-5-17(4)31-25(29)22-9-7-8-18-11-10-16(3)21(24(18)22)13-12-19(26)14-20(27)15-23(28)30-6-2/h8,10-11,16-17,19-22,24,26-27H,5-7,9,12-15H2,1-4H3/t16-,17+,19+,20+,21-,22-,24-/m0/s1. The third-order valence-corrected chi connectivity index (χ3v) is 6.68. The summed E-state index contributed by atoms with van der Waals surface area (Å²) in [5.74, 6) is -0.102. The number of aliphatic hydroxyl groups is 2. The summed E-state index contributed by atoms with van der Waals surface area (Å²) < 4.78 is 10.5. The molecular formula is C25H40O6. The zero-order chi connectivity index (χ0) is 23.0. The maximum Gasteiger partial charge on any atom is 0.309 e. The fraction of sp³-hybridized carbons (Fsp3) is 0.760. The zero-order valence-electron chi connectivity index (χ0n) is 19.5. The Kier molecular flexibility index (Phi) is 10.2. The maximum absolute atomic E-state index is 12.9. The minimum atomic E-state index is -0.916. The summed E-state index contributed by atoms with van der Waals surface area (Å²) in [6.45, 7) is 8.09. The van der Waals surface area contributed by atoms with Gasteiger partial charge in [0.25, 0.3) is 0 Å². The highest BCUT2D eigenvalue weighted by Gasteiger charge is 2.42. The Labute approximate surface area is 186 Å². The first-order chi connectivity index (χ1) is 14.8. The van der Waals surface area contributed by atoms with E-state index in [4.69, 9.17) is 9.47 Å². The van der Waals surface area contributed by atoms with Crippen LogP contribution in [0.5, 0.6) is 0 Å². The highest BCUT2D eigenvalue weighted by atomic mass is 16.5. The molecule has 0 aromatic heterocycles. The number of fused-ring (bicyclic) bond motifs is 1. The summed E-state index contributed by atoms with van der Waals surface area (Å²) >= 11 is 0. The molecule has 0 radical (unpaired) electrons. The monoisotopic (exact) mass is 436 g/mol. The number of aliphatic hydroxyl groups excluding tert-OH is 2. The molecule has 0 spiro atoms. The van der Waals surface area contributed by atoms with Gasteiger partial charge in [-0.2, -0.15) is 0 Å². The van der Waals surface area contributed by atoms with E-state index in [1.54, 1.807) is 6.92 Å². The molecule has 7 atom stereocenters. The minimum Gasteiger partial charge on any atom is -0.466 e. The molecular weight excluding hydrogens is 396 g/mol. The van der Waals surface area contributed by atoms with Crippen molar-refractivity contribution in [3.63, 3.8) is 0 Å². The molecule has 6 heteroatoms. The van der Waals surface area contributed by atoms with E-state index in [2.05, 4.69) is 25.2 Å². The van der Waals surface area contributed by atoms with Crippen molar-refractivity contribution in [1.29, 1.82) is 0 Å². The molecule has 0 fully saturated rings. The summed E-state index contributed by atoms with van der Waals surface area (Å²) in [4.78, 5) is 24.4. The van der Waals surface area contributed by atoms with Crippen molar-refractivity contribution < 1.29 is 29.3 Å². The van der Waals surface area contributed by atoms with E-state index < -0.39 is 18.2 Å². The van der Waals surface area contributed by atoms with Gasteiger partial charge in [-0.1, -0.05) is 32.1 Å². The number of esters is 2. The number of carbonyl (C=O) groups is 2. The first-order valence-corrected chi connectivity index (χ1v) is 11.9. The first kappa shape index (κ1) is 25.6. The average molecular weight is 437 g/mol. The molecule has 0 bridgehead atoms. The van der Waals surface area contributed by atoms with Gasteiger partial charge in [0.15, 0.2) is 0 Å². The van der Waals surface area contributed by atoms with Gasteiger partial charge in [0, 0.05) is 5.92 Å². The summed E-state index contributed by atoms with van der Waals surface area (Å²) in [5.41, 5.74) is 1.21. The predicted molar refractivity (Wildman–Crippen MR) is 119 cm³/mol. The Hall–Kier alpha value is -1.66. The largest absolute Gasteiger partial charge is 0.466 e. The van der Waals surface area contributed by atoms with Gasteiger partial charge in [-0.25, -0.2) is 0 Å². The number of allylic oxidation sites excluding steroid dienone is 4. The summed E-state index contributed by atoms with van der Waals surface area (Å²) in [5, 5.41) is 20.5. The lowest BCUT2D eigenvalue weighted by Crippen LogP contribution is -2.39. The third kappa shape index (κ3) is 7.46. The Morgan fingerprint density at radius 2 is 1.97 bits per heavy atom. The second kappa shape index (κ2) is 12.4. The van der Waals surface area contributed by atoms with Gasteiger partial charge < -0.3 is 19.7 Å². The number of hydrogen-bond acceptors (Lipinski definition) is 6. The van der Waals surface area contributed by atoms with E-state index in [1.165, 1.54) is 5.57 Å². The SMILES string of the molecule is CCOC(=O)C[C@H](O)C[C@H](O)CC[C@@H]1[C@@H]2C(=CCC[C@@H]2C(=O)O[C@H](C)CC)C=C[C@@H]1C. The molecule has 0 saturated carbocycles. The summed E-state index contributed by atoms with van der Waals surface area (Å²) in [6.07, 6.45) is 8.62. The molecule has 0 saturated heterocycles. The van der Waals surface area contributed by atoms with Crippen LogP contribution in [0, 0.1) is 23.7 Å². The maximum atomic E-state index is 12.9. The highest BCUT2D eigenvalue weighted by Crippen LogP contribution is 2.46. The van der Waals surface area contributed by atoms with Crippen LogP contribution in [0.1, 0.15) is 72.6 Å². The molecule has 0 aliphatic heterocycles. The quantitative estimate of drug-likeness (QED) is 0.477. The van der Waals surface area contributed by atoms with E-state index in [-0.39, 0.29) is 55.2 Å². The molecule has 6 nitrogen and oxygen atoms in total. The van der Waals surface area contributed by atoms with Crippen molar-refractivity contribution in [2.45, 2.75) is 91.0 Å². The molecule has 2 N–H and O–H groups in total. The first-order valence-electron chi connectivity index (χ1n) is 11.9. The van der Waals surface area contributed by atoms with Gasteiger partial charge in [-0.3, -0.25) is 9.59 Å². The second-order valence-corrected chi connectivity index (χ2v) is 9.08. The van der Waals surface area contributed by atoms with Gasteiger partial charge in [-0.05, 0) is 69.8 Å². The summed E-state index contributed by atoms with van der Waals surface area (Å²) in [7, 11) is 0. The van der Waals surface area contributed by atoms with Crippen LogP contribution < -0.4 is 0 Å². The van der Waals surface area contributed by atoms with Gasteiger partial charge in [0.2, 0.25) is 0 Å². The van der Waals surface area contributed by atoms with Crippen LogP contribution in [0.2, 0.25) is 0 Å².